The predicted octanol–water partition coefficient (Wildman–Crippen LogP) is 4.03. The Morgan fingerprint density at radius 2 is 1.69 bits per heavy atom. The van der Waals surface area contributed by atoms with Crippen LogP contribution < -0.4 is 10.6 Å². The van der Waals surface area contributed by atoms with E-state index in [1.54, 1.807) is 38.1 Å². The van der Waals surface area contributed by atoms with Gasteiger partial charge in [0.05, 0.1) is 12.3 Å². The van der Waals surface area contributed by atoms with Crippen molar-refractivity contribution >= 4 is 40.0 Å². The van der Waals surface area contributed by atoms with E-state index in [-0.39, 0.29) is 12.5 Å². The summed E-state index contributed by atoms with van der Waals surface area (Å²) in [5.74, 6) is -0.250. The molecule has 29 heavy (non-hydrogen) atoms. The number of amides is 1. The van der Waals surface area contributed by atoms with Crippen LogP contribution in [0.4, 0.5) is 16.8 Å². The zero-order valence-corrected chi connectivity index (χ0v) is 17.4. The fourth-order valence-corrected chi connectivity index (χ4v) is 3.48. The zero-order valence-electron chi connectivity index (χ0n) is 16.6. The van der Waals surface area contributed by atoms with E-state index in [0.29, 0.717) is 27.2 Å². The molecule has 0 unspecified atom stereocenters. The Hall–Kier alpha value is -3.33. The molecule has 0 aliphatic carbocycles. The average Bonchev–Trinajstić information content (AvgIpc) is 3.02. The van der Waals surface area contributed by atoms with Gasteiger partial charge < -0.3 is 10.1 Å². The van der Waals surface area contributed by atoms with E-state index in [1.807, 2.05) is 19.9 Å². The van der Waals surface area contributed by atoms with Crippen molar-refractivity contribution in [2.75, 3.05) is 17.2 Å². The molecule has 0 atom stereocenters. The summed E-state index contributed by atoms with van der Waals surface area (Å²) in [5.41, 5.74) is 3.49. The quantitative estimate of drug-likeness (QED) is 0.590. The highest BCUT2D eigenvalue weighted by Crippen LogP contribution is 2.24. The molecule has 150 valence electrons. The first-order valence-corrected chi connectivity index (χ1v) is 9.82. The SMILES string of the molecule is CCOC(=O)c1sc(NC(=O)c2ccc(Nc3nc(C)cc(C)n3)cc2)nc1C. The third-order valence-electron chi connectivity index (χ3n) is 3.86. The fourth-order valence-electron chi connectivity index (χ4n) is 2.62. The Labute approximate surface area is 172 Å². The van der Waals surface area contributed by atoms with E-state index in [4.69, 9.17) is 4.74 Å². The van der Waals surface area contributed by atoms with Gasteiger partial charge in [-0.05, 0) is 58.0 Å². The predicted molar refractivity (Wildman–Crippen MR) is 112 cm³/mol. The van der Waals surface area contributed by atoms with Crippen molar-refractivity contribution in [3.63, 3.8) is 0 Å². The highest BCUT2D eigenvalue weighted by molar-refractivity contribution is 7.17. The van der Waals surface area contributed by atoms with Crippen LogP contribution in [-0.2, 0) is 4.74 Å². The molecule has 2 N–H and O–H groups in total. The number of hydrogen-bond donors (Lipinski definition) is 2. The van der Waals surface area contributed by atoms with Crippen molar-refractivity contribution in [1.29, 1.82) is 0 Å². The number of hydrogen-bond acceptors (Lipinski definition) is 8. The van der Waals surface area contributed by atoms with Crippen LogP contribution in [0.1, 0.15) is 44.0 Å². The molecule has 8 nitrogen and oxygen atoms in total. The first kappa shape index (κ1) is 20.4. The summed E-state index contributed by atoms with van der Waals surface area (Å²) in [6.45, 7) is 7.53. The molecule has 1 aromatic carbocycles. The van der Waals surface area contributed by atoms with Gasteiger partial charge in [0.2, 0.25) is 5.95 Å². The second-order valence-corrected chi connectivity index (χ2v) is 7.28. The summed E-state index contributed by atoms with van der Waals surface area (Å²) in [4.78, 5) is 37.6. The van der Waals surface area contributed by atoms with Gasteiger partial charge in [-0.25, -0.2) is 19.7 Å². The summed E-state index contributed by atoms with van der Waals surface area (Å²) in [7, 11) is 0. The minimum absolute atomic E-state index is 0.283. The summed E-state index contributed by atoms with van der Waals surface area (Å²) in [5, 5.41) is 6.19. The van der Waals surface area contributed by atoms with Crippen molar-refractivity contribution in [1.82, 2.24) is 15.0 Å². The van der Waals surface area contributed by atoms with Crippen molar-refractivity contribution in [3.8, 4) is 0 Å². The number of aryl methyl sites for hydroxylation is 3. The van der Waals surface area contributed by atoms with Crippen LogP contribution >= 0.6 is 11.3 Å². The molecule has 0 aliphatic rings. The molecule has 0 radical (unpaired) electrons. The zero-order chi connectivity index (χ0) is 21.0. The molecule has 0 bridgehead atoms. The lowest BCUT2D eigenvalue weighted by atomic mass is 10.2. The van der Waals surface area contributed by atoms with Crippen molar-refractivity contribution in [2.45, 2.75) is 27.7 Å². The first-order chi connectivity index (χ1) is 13.9. The molecular weight excluding hydrogens is 390 g/mol. The van der Waals surface area contributed by atoms with Gasteiger partial charge >= 0.3 is 5.97 Å². The van der Waals surface area contributed by atoms with Gasteiger partial charge in [-0.15, -0.1) is 0 Å². The van der Waals surface area contributed by atoms with E-state index in [1.165, 1.54) is 0 Å². The summed E-state index contributed by atoms with van der Waals surface area (Å²) in [6.07, 6.45) is 0. The molecule has 9 heteroatoms. The number of esters is 1. The number of rotatable bonds is 6. The summed E-state index contributed by atoms with van der Waals surface area (Å²) >= 11 is 1.09. The average molecular weight is 411 g/mol. The Bertz CT molecular complexity index is 1030. The lowest BCUT2D eigenvalue weighted by molar-refractivity contribution is 0.0531. The standard InChI is InChI=1S/C20H21N5O3S/c1-5-28-18(27)16-13(4)23-20(29-16)25-17(26)14-6-8-15(9-7-14)24-19-21-11(2)10-12(3)22-19/h6-10H,5H2,1-4H3,(H,21,22,24)(H,23,25,26). The van der Waals surface area contributed by atoms with Crippen LogP contribution in [-0.4, -0.2) is 33.4 Å². The Balaban J connectivity index is 1.67. The maximum atomic E-state index is 12.5. The summed E-state index contributed by atoms with van der Waals surface area (Å²) in [6, 6.07) is 8.81. The van der Waals surface area contributed by atoms with Crippen LogP contribution in [0.2, 0.25) is 0 Å². The first-order valence-electron chi connectivity index (χ1n) is 9.01. The second kappa shape index (κ2) is 8.78. The third-order valence-corrected chi connectivity index (χ3v) is 4.92. The van der Waals surface area contributed by atoms with E-state index in [2.05, 4.69) is 25.6 Å². The minimum atomic E-state index is -0.438. The van der Waals surface area contributed by atoms with E-state index in [0.717, 1.165) is 28.4 Å². The Morgan fingerprint density at radius 1 is 1.03 bits per heavy atom. The molecule has 0 fully saturated rings. The number of carbonyl (C=O) groups excluding carboxylic acids is 2. The van der Waals surface area contributed by atoms with Crippen LogP contribution in [0.5, 0.6) is 0 Å². The fraction of sp³-hybridized carbons (Fsp3) is 0.250. The van der Waals surface area contributed by atoms with Crippen LogP contribution in [0, 0.1) is 20.8 Å². The Morgan fingerprint density at radius 3 is 2.31 bits per heavy atom. The van der Waals surface area contributed by atoms with Crippen molar-refractivity contribution in [2.24, 2.45) is 0 Å². The molecule has 0 spiro atoms. The smallest absolute Gasteiger partial charge is 0.350 e. The van der Waals surface area contributed by atoms with E-state index >= 15 is 0 Å². The molecular formula is C20H21N5O3S. The third kappa shape index (κ3) is 5.14. The monoisotopic (exact) mass is 411 g/mol. The molecule has 0 aliphatic heterocycles. The number of aromatic nitrogens is 3. The number of anilines is 3. The lowest BCUT2D eigenvalue weighted by Gasteiger charge is -2.07. The molecule has 2 aromatic heterocycles. The second-order valence-electron chi connectivity index (χ2n) is 6.28. The van der Waals surface area contributed by atoms with Gasteiger partial charge in [-0.2, -0.15) is 0 Å². The van der Waals surface area contributed by atoms with Crippen molar-refractivity contribution in [3.05, 3.63) is 57.9 Å². The van der Waals surface area contributed by atoms with Crippen LogP contribution in [0.3, 0.4) is 0 Å². The van der Waals surface area contributed by atoms with Crippen LogP contribution in [0.25, 0.3) is 0 Å². The van der Waals surface area contributed by atoms with Crippen LogP contribution in [0.15, 0.2) is 30.3 Å². The van der Waals surface area contributed by atoms with E-state index in [9.17, 15) is 9.59 Å². The highest BCUT2D eigenvalue weighted by Gasteiger charge is 2.18. The highest BCUT2D eigenvalue weighted by atomic mass is 32.1. The van der Waals surface area contributed by atoms with Gasteiger partial charge in [0.25, 0.3) is 5.91 Å². The largest absolute Gasteiger partial charge is 0.462 e. The number of nitrogens with one attached hydrogen (secondary N) is 2. The minimum Gasteiger partial charge on any atom is -0.462 e. The lowest BCUT2D eigenvalue weighted by Crippen LogP contribution is -2.11. The maximum Gasteiger partial charge on any atom is 0.350 e. The molecule has 3 rings (SSSR count). The molecule has 3 aromatic rings. The van der Waals surface area contributed by atoms with Crippen molar-refractivity contribution < 1.29 is 14.3 Å². The maximum absolute atomic E-state index is 12.5. The van der Waals surface area contributed by atoms with Gasteiger partial charge in [-0.3, -0.25) is 10.1 Å². The summed E-state index contributed by atoms with van der Waals surface area (Å²) < 4.78 is 4.99. The van der Waals surface area contributed by atoms with Gasteiger partial charge in [0.1, 0.15) is 4.88 Å². The normalized spacial score (nSPS) is 10.5. The number of ether oxygens (including phenoxy) is 1. The molecule has 0 saturated heterocycles. The number of carbonyl (C=O) groups is 2. The molecule has 0 saturated carbocycles. The molecule has 2 heterocycles. The number of nitrogens with zero attached hydrogens (tertiary/aromatic N) is 3. The van der Waals surface area contributed by atoms with Gasteiger partial charge in [-0.1, -0.05) is 11.3 Å². The topological polar surface area (TPSA) is 106 Å². The van der Waals surface area contributed by atoms with Gasteiger partial charge in [0, 0.05) is 22.6 Å². The van der Waals surface area contributed by atoms with Gasteiger partial charge in [0.15, 0.2) is 5.13 Å². The number of benzene rings is 1. The van der Waals surface area contributed by atoms with E-state index < -0.39 is 5.97 Å². The number of thiazole rings is 1. The molecule has 1 amide bonds. The Kier molecular flexibility index (Phi) is 6.18.